The summed E-state index contributed by atoms with van der Waals surface area (Å²) in [4.78, 5) is 0. The van der Waals surface area contributed by atoms with Crippen molar-refractivity contribution >= 4 is 0 Å². The molecule has 0 atom stereocenters. The van der Waals surface area contributed by atoms with Crippen LogP contribution in [0, 0.1) is 23.2 Å². The van der Waals surface area contributed by atoms with E-state index in [0.29, 0.717) is 24.7 Å². The molecule has 0 aromatic heterocycles. The first-order valence-corrected chi connectivity index (χ1v) is 9.26. The average Bonchev–Trinajstić information content (AvgIpc) is 2.69. The summed E-state index contributed by atoms with van der Waals surface area (Å²) < 4.78 is 23.5. The van der Waals surface area contributed by atoms with Gasteiger partial charge >= 0.3 is 0 Å². The monoisotopic (exact) mass is 345 g/mol. The predicted molar refractivity (Wildman–Crippen MR) is 92.6 cm³/mol. The van der Waals surface area contributed by atoms with E-state index in [0.717, 1.165) is 18.8 Å². The van der Waals surface area contributed by atoms with Crippen LogP contribution in [0.5, 0.6) is 0 Å². The lowest BCUT2D eigenvalue weighted by Gasteiger charge is -2.37. The maximum Gasteiger partial charge on any atom is 0.183 e. The molecule has 0 N–H and O–H groups in total. The first kappa shape index (κ1) is 18.3. The number of ether oxygens (including phenoxy) is 4. The molecule has 0 bridgehead atoms. The molecule has 0 amide bonds. The van der Waals surface area contributed by atoms with Crippen LogP contribution in [0.3, 0.4) is 0 Å². The van der Waals surface area contributed by atoms with Gasteiger partial charge in [0.05, 0.1) is 44.0 Å². The lowest BCUT2D eigenvalue weighted by atomic mass is 10.0. The Morgan fingerprint density at radius 3 is 2.24 bits per heavy atom. The largest absolute Gasteiger partial charge is 0.352 e. The van der Waals surface area contributed by atoms with Crippen molar-refractivity contribution in [1.82, 2.24) is 0 Å². The second kappa shape index (κ2) is 9.30. The van der Waals surface area contributed by atoms with Crippen molar-refractivity contribution in [2.75, 3.05) is 26.4 Å². The molecule has 0 aliphatic carbocycles. The minimum Gasteiger partial charge on any atom is -0.352 e. The third-order valence-corrected chi connectivity index (χ3v) is 4.83. The Balaban J connectivity index is 1.41. The van der Waals surface area contributed by atoms with E-state index in [-0.39, 0.29) is 18.5 Å². The van der Waals surface area contributed by atoms with Crippen molar-refractivity contribution in [1.29, 1.82) is 5.26 Å². The fraction of sp³-hybridized carbons (Fsp3) is 0.650. The summed E-state index contributed by atoms with van der Waals surface area (Å²) in [5.41, 5.74) is 1.56. The molecule has 5 nitrogen and oxygen atoms in total. The molecule has 5 heteroatoms. The Bertz CT molecular complexity index is 552. The van der Waals surface area contributed by atoms with Crippen LogP contribution >= 0.6 is 0 Å². The highest BCUT2D eigenvalue weighted by molar-refractivity contribution is 5.32. The van der Waals surface area contributed by atoms with E-state index in [2.05, 4.69) is 13.0 Å². The van der Waals surface area contributed by atoms with E-state index in [9.17, 15) is 0 Å². The van der Waals surface area contributed by atoms with Crippen molar-refractivity contribution in [3.8, 4) is 6.07 Å². The zero-order valence-electron chi connectivity index (χ0n) is 14.9. The highest BCUT2D eigenvalue weighted by atomic mass is 16.7. The van der Waals surface area contributed by atoms with Gasteiger partial charge in [0.15, 0.2) is 12.6 Å². The van der Waals surface area contributed by atoms with Crippen molar-refractivity contribution in [2.45, 2.75) is 45.2 Å². The number of unbranched alkanes of at least 4 members (excludes halogenated alkanes) is 2. The summed E-state index contributed by atoms with van der Waals surface area (Å²) in [6.07, 6.45) is 4.34. The molecule has 0 unspecified atom stereocenters. The predicted octanol–water partition coefficient (Wildman–Crippen LogP) is 3.79. The molecule has 2 fully saturated rings. The van der Waals surface area contributed by atoms with Crippen LogP contribution in [-0.4, -0.2) is 32.7 Å². The number of benzene rings is 1. The Morgan fingerprint density at radius 2 is 1.64 bits per heavy atom. The Labute approximate surface area is 149 Å². The maximum atomic E-state index is 8.86. The van der Waals surface area contributed by atoms with E-state index in [4.69, 9.17) is 24.2 Å². The molecule has 136 valence electrons. The molecule has 2 heterocycles. The zero-order valence-corrected chi connectivity index (χ0v) is 14.9. The van der Waals surface area contributed by atoms with Gasteiger partial charge in [-0.15, -0.1) is 0 Å². The van der Waals surface area contributed by atoms with Gasteiger partial charge in [-0.05, 0) is 18.6 Å². The van der Waals surface area contributed by atoms with Gasteiger partial charge in [-0.2, -0.15) is 5.26 Å². The standard InChI is InChI=1S/C20H27NO4/c1-2-3-4-5-16-11-22-20(23-12-16)18-13-24-19(25-14-18)17-8-6-15(10-21)7-9-17/h6-9,16,18-20H,2-5,11-14H2,1H3. The molecule has 0 radical (unpaired) electrons. The van der Waals surface area contributed by atoms with E-state index in [1.54, 1.807) is 12.1 Å². The third kappa shape index (κ3) is 5.02. The number of hydrogen-bond acceptors (Lipinski definition) is 5. The summed E-state index contributed by atoms with van der Waals surface area (Å²) in [6.45, 7) is 4.86. The molecule has 25 heavy (non-hydrogen) atoms. The van der Waals surface area contributed by atoms with E-state index < -0.39 is 0 Å². The topological polar surface area (TPSA) is 60.7 Å². The average molecular weight is 345 g/mol. The summed E-state index contributed by atoms with van der Waals surface area (Å²) in [6, 6.07) is 9.41. The molecular weight excluding hydrogens is 318 g/mol. The lowest BCUT2D eigenvalue weighted by molar-refractivity contribution is -0.283. The molecule has 2 aliphatic heterocycles. The Hall–Kier alpha value is -1.45. The summed E-state index contributed by atoms with van der Waals surface area (Å²) in [5.74, 6) is 0.617. The van der Waals surface area contributed by atoms with Gasteiger partial charge in [-0.1, -0.05) is 38.3 Å². The van der Waals surface area contributed by atoms with Gasteiger partial charge in [0.2, 0.25) is 0 Å². The molecule has 0 saturated carbocycles. The van der Waals surface area contributed by atoms with Crippen molar-refractivity contribution in [2.24, 2.45) is 11.8 Å². The molecule has 1 aromatic carbocycles. The normalized spacial score (nSPS) is 29.9. The fourth-order valence-electron chi connectivity index (χ4n) is 3.26. The van der Waals surface area contributed by atoms with Crippen molar-refractivity contribution in [3.05, 3.63) is 35.4 Å². The highest BCUT2D eigenvalue weighted by Gasteiger charge is 2.34. The van der Waals surface area contributed by atoms with Gasteiger partial charge in [0.25, 0.3) is 0 Å². The van der Waals surface area contributed by atoms with Crippen molar-refractivity contribution < 1.29 is 18.9 Å². The van der Waals surface area contributed by atoms with Crippen molar-refractivity contribution in [3.63, 3.8) is 0 Å². The molecule has 3 rings (SSSR count). The number of rotatable bonds is 6. The molecule has 2 aliphatic rings. The second-order valence-electron chi connectivity index (χ2n) is 6.89. The fourth-order valence-corrected chi connectivity index (χ4v) is 3.26. The van der Waals surface area contributed by atoms with Crippen LogP contribution in [0.1, 0.15) is 50.0 Å². The number of nitrogens with zero attached hydrogens (tertiary/aromatic N) is 1. The van der Waals surface area contributed by atoms with Crippen LogP contribution in [0.2, 0.25) is 0 Å². The first-order chi connectivity index (χ1) is 12.3. The van der Waals surface area contributed by atoms with E-state index in [1.807, 2.05) is 12.1 Å². The third-order valence-electron chi connectivity index (χ3n) is 4.83. The quantitative estimate of drug-likeness (QED) is 0.734. The lowest BCUT2D eigenvalue weighted by Crippen LogP contribution is -2.43. The van der Waals surface area contributed by atoms with Crippen LogP contribution < -0.4 is 0 Å². The molecule has 1 aromatic rings. The SMILES string of the molecule is CCCCCC1COC(C2COC(c3ccc(C#N)cc3)OC2)OC1. The zero-order chi connectivity index (χ0) is 17.5. The Morgan fingerprint density at radius 1 is 0.960 bits per heavy atom. The number of nitriles is 1. The van der Waals surface area contributed by atoms with Crippen LogP contribution in [0.15, 0.2) is 24.3 Å². The van der Waals surface area contributed by atoms with Crippen LogP contribution in [-0.2, 0) is 18.9 Å². The summed E-state index contributed by atoms with van der Waals surface area (Å²) in [5, 5.41) is 8.86. The van der Waals surface area contributed by atoms with Crippen LogP contribution in [0.4, 0.5) is 0 Å². The minimum absolute atomic E-state index is 0.103. The van der Waals surface area contributed by atoms with Gasteiger partial charge in [-0.3, -0.25) is 0 Å². The van der Waals surface area contributed by atoms with Gasteiger partial charge in [-0.25, -0.2) is 0 Å². The highest BCUT2D eigenvalue weighted by Crippen LogP contribution is 2.29. The first-order valence-electron chi connectivity index (χ1n) is 9.26. The van der Waals surface area contributed by atoms with Gasteiger partial charge < -0.3 is 18.9 Å². The van der Waals surface area contributed by atoms with E-state index in [1.165, 1.54) is 25.7 Å². The second-order valence-corrected chi connectivity index (χ2v) is 6.89. The minimum atomic E-state index is -0.380. The van der Waals surface area contributed by atoms with E-state index >= 15 is 0 Å². The smallest absolute Gasteiger partial charge is 0.183 e. The maximum absolute atomic E-state index is 8.86. The van der Waals surface area contributed by atoms with Gasteiger partial charge in [0, 0.05) is 11.5 Å². The van der Waals surface area contributed by atoms with Gasteiger partial charge in [0.1, 0.15) is 0 Å². The summed E-state index contributed by atoms with van der Waals surface area (Å²) in [7, 11) is 0. The molecule has 2 saturated heterocycles. The molecular formula is C20H27NO4. The summed E-state index contributed by atoms with van der Waals surface area (Å²) >= 11 is 0. The number of hydrogen-bond donors (Lipinski definition) is 0. The Kier molecular flexibility index (Phi) is 6.83. The van der Waals surface area contributed by atoms with Crippen LogP contribution in [0.25, 0.3) is 0 Å². The molecule has 0 spiro atoms.